The molecular formula is C35H33ClN4O5. The number of carbonyl (C=O) groups is 1. The van der Waals surface area contributed by atoms with Gasteiger partial charge in [0.1, 0.15) is 23.6 Å². The summed E-state index contributed by atoms with van der Waals surface area (Å²) in [7, 11) is 6.44. The fraction of sp³-hybridized carbons (Fsp3) is 0.229. The Kier molecular flexibility index (Phi) is 8.62. The van der Waals surface area contributed by atoms with Gasteiger partial charge in [-0.05, 0) is 77.7 Å². The van der Waals surface area contributed by atoms with E-state index < -0.39 is 0 Å². The molecule has 0 spiro atoms. The number of nitrogens with zero attached hydrogens (tertiary/aromatic N) is 3. The van der Waals surface area contributed by atoms with Gasteiger partial charge < -0.3 is 29.2 Å². The molecule has 2 heterocycles. The number of ether oxygens (including phenoxy) is 4. The molecule has 1 aromatic heterocycles. The fourth-order valence-corrected chi connectivity index (χ4v) is 6.26. The lowest BCUT2D eigenvalue weighted by molar-refractivity contribution is 0.102. The van der Waals surface area contributed by atoms with Crippen molar-refractivity contribution in [2.75, 3.05) is 51.7 Å². The first-order valence-electron chi connectivity index (χ1n) is 14.5. The maximum atomic E-state index is 13.1. The number of hydrogen-bond acceptors (Lipinski definition) is 8. The molecule has 10 heteroatoms. The van der Waals surface area contributed by atoms with Crippen LogP contribution in [0.2, 0.25) is 5.02 Å². The molecule has 1 aliphatic rings. The second kappa shape index (κ2) is 12.9. The van der Waals surface area contributed by atoms with Crippen molar-refractivity contribution in [1.29, 1.82) is 0 Å². The number of methoxy groups -OCH3 is 4. The third-order valence-electron chi connectivity index (χ3n) is 8.18. The molecule has 0 radical (unpaired) electrons. The van der Waals surface area contributed by atoms with Crippen LogP contribution in [0.5, 0.6) is 23.0 Å². The lowest BCUT2D eigenvalue weighted by Crippen LogP contribution is -2.29. The minimum atomic E-state index is -0.242. The van der Waals surface area contributed by atoms with Gasteiger partial charge in [0.05, 0.1) is 39.0 Å². The molecule has 45 heavy (non-hydrogen) atoms. The zero-order valence-corrected chi connectivity index (χ0v) is 26.2. The van der Waals surface area contributed by atoms with Gasteiger partial charge in [-0.25, -0.2) is 9.97 Å². The molecule has 230 valence electrons. The molecule has 6 rings (SSSR count). The van der Waals surface area contributed by atoms with Crippen LogP contribution in [-0.2, 0) is 6.42 Å². The molecule has 1 atom stereocenters. The van der Waals surface area contributed by atoms with Gasteiger partial charge in [-0.2, -0.15) is 0 Å². The van der Waals surface area contributed by atoms with Crippen molar-refractivity contribution < 1.29 is 23.7 Å². The quantitative estimate of drug-likeness (QED) is 0.202. The van der Waals surface area contributed by atoms with Crippen LogP contribution in [-0.4, -0.2) is 57.4 Å². The maximum absolute atomic E-state index is 13.1. The Morgan fingerprint density at radius 3 is 2.42 bits per heavy atom. The lowest BCUT2D eigenvalue weighted by Gasteiger charge is -2.27. The molecule has 9 nitrogen and oxygen atoms in total. The van der Waals surface area contributed by atoms with Crippen LogP contribution < -0.4 is 29.2 Å². The highest BCUT2D eigenvalue weighted by atomic mass is 35.5. The monoisotopic (exact) mass is 624 g/mol. The Hall–Kier alpha value is -5.02. The van der Waals surface area contributed by atoms with Crippen LogP contribution in [0, 0.1) is 0 Å². The standard InChI is InChI=1S/C35H33ClN4O5/c1-42-24-11-8-21(9-12-24)29-19-40(15-14-26-27(29)18-31(44-3)33(45-4)32(26)36)34-28-17-23(10-13-30(28)37-20-38-34)39-35(41)22-6-5-7-25(16-22)43-2/h5-13,16-18,20,29H,14-15,19H2,1-4H3,(H,39,41). The average molecular weight is 625 g/mol. The molecule has 0 fully saturated rings. The zero-order valence-electron chi connectivity index (χ0n) is 25.5. The number of nitrogens with one attached hydrogen (secondary N) is 1. The van der Waals surface area contributed by atoms with Gasteiger partial charge >= 0.3 is 0 Å². The summed E-state index contributed by atoms with van der Waals surface area (Å²) in [4.78, 5) is 24.6. The Morgan fingerprint density at radius 2 is 1.69 bits per heavy atom. The molecular weight excluding hydrogens is 592 g/mol. The summed E-state index contributed by atoms with van der Waals surface area (Å²) in [5, 5.41) is 4.38. The number of fused-ring (bicyclic) bond motifs is 2. The molecule has 1 unspecified atom stereocenters. The predicted octanol–water partition coefficient (Wildman–Crippen LogP) is 6.76. The second-order valence-electron chi connectivity index (χ2n) is 10.6. The SMILES string of the molecule is COc1ccc(C2CN(c3ncnc4ccc(NC(=O)c5cccc(OC)c5)cc34)CCc3c2cc(OC)c(OC)c3Cl)cc1. The van der Waals surface area contributed by atoms with Crippen molar-refractivity contribution in [2.45, 2.75) is 12.3 Å². The van der Waals surface area contributed by atoms with E-state index in [1.54, 1.807) is 59.0 Å². The molecule has 0 bridgehead atoms. The van der Waals surface area contributed by atoms with Gasteiger partial charge in [-0.15, -0.1) is 0 Å². The highest BCUT2D eigenvalue weighted by Crippen LogP contribution is 2.45. The Morgan fingerprint density at radius 1 is 0.889 bits per heavy atom. The highest BCUT2D eigenvalue weighted by Gasteiger charge is 2.30. The summed E-state index contributed by atoms with van der Waals surface area (Å²) < 4.78 is 22.1. The molecule has 0 aliphatic carbocycles. The van der Waals surface area contributed by atoms with E-state index in [1.165, 1.54) is 0 Å². The number of rotatable bonds is 8. The Balaban J connectivity index is 1.41. The van der Waals surface area contributed by atoms with Gasteiger partial charge in [-0.3, -0.25) is 4.79 Å². The largest absolute Gasteiger partial charge is 0.497 e. The number of benzene rings is 4. The third-order valence-corrected chi connectivity index (χ3v) is 8.58. The van der Waals surface area contributed by atoms with E-state index in [2.05, 4.69) is 27.3 Å². The zero-order chi connectivity index (χ0) is 31.5. The number of anilines is 2. The molecule has 1 N–H and O–H groups in total. The molecule has 1 amide bonds. The summed E-state index contributed by atoms with van der Waals surface area (Å²) >= 11 is 6.99. The first-order valence-corrected chi connectivity index (χ1v) is 14.8. The summed E-state index contributed by atoms with van der Waals surface area (Å²) in [6, 6.07) is 22.8. The maximum Gasteiger partial charge on any atom is 0.255 e. The van der Waals surface area contributed by atoms with Crippen molar-refractivity contribution in [2.24, 2.45) is 0 Å². The minimum absolute atomic E-state index is 0.0772. The number of carbonyl (C=O) groups excluding carboxylic acids is 1. The van der Waals surface area contributed by atoms with Crippen molar-refractivity contribution >= 4 is 39.9 Å². The lowest BCUT2D eigenvalue weighted by atomic mass is 9.87. The van der Waals surface area contributed by atoms with Gasteiger partial charge in [-0.1, -0.05) is 29.8 Å². The molecule has 0 saturated carbocycles. The van der Waals surface area contributed by atoms with Crippen LogP contribution in [0.3, 0.4) is 0 Å². The Labute approximate surface area is 266 Å². The van der Waals surface area contributed by atoms with E-state index >= 15 is 0 Å². The van der Waals surface area contributed by atoms with E-state index in [-0.39, 0.29) is 11.8 Å². The number of hydrogen-bond donors (Lipinski definition) is 1. The average Bonchev–Trinajstić information content (AvgIpc) is 3.28. The number of halogens is 1. The van der Waals surface area contributed by atoms with Gasteiger partial charge in [0.25, 0.3) is 5.91 Å². The van der Waals surface area contributed by atoms with Crippen molar-refractivity contribution in [3.63, 3.8) is 0 Å². The molecule has 1 aliphatic heterocycles. The normalized spacial score (nSPS) is 14.3. The van der Waals surface area contributed by atoms with Gasteiger partial charge in [0, 0.05) is 35.6 Å². The van der Waals surface area contributed by atoms with Gasteiger partial charge in [0.2, 0.25) is 0 Å². The van der Waals surface area contributed by atoms with Crippen LogP contribution in [0.1, 0.15) is 33.0 Å². The topological polar surface area (TPSA) is 95.0 Å². The highest BCUT2D eigenvalue weighted by molar-refractivity contribution is 6.33. The summed E-state index contributed by atoms with van der Waals surface area (Å²) in [6.07, 6.45) is 2.23. The second-order valence-corrected chi connectivity index (χ2v) is 11.0. The van der Waals surface area contributed by atoms with Gasteiger partial charge in [0.15, 0.2) is 11.5 Å². The molecule has 5 aromatic rings. The third kappa shape index (κ3) is 5.91. The first-order chi connectivity index (χ1) is 21.9. The predicted molar refractivity (Wildman–Crippen MR) is 176 cm³/mol. The van der Waals surface area contributed by atoms with Crippen molar-refractivity contribution in [3.8, 4) is 23.0 Å². The summed E-state index contributed by atoms with van der Waals surface area (Å²) in [6.45, 7) is 1.25. The van der Waals surface area contributed by atoms with Crippen molar-refractivity contribution in [3.05, 3.63) is 106 Å². The smallest absolute Gasteiger partial charge is 0.255 e. The van der Waals surface area contributed by atoms with E-state index in [4.69, 9.17) is 35.5 Å². The fourth-order valence-electron chi connectivity index (χ4n) is 5.88. The van der Waals surface area contributed by atoms with Crippen LogP contribution in [0.25, 0.3) is 10.9 Å². The Bertz CT molecular complexity index is 1860. The summed E-state index contributed by atoms with van der Waals surface area (Å²) in [5.41, 5.74) is 5.06. The number of aromatic nitrogens is 2. The molecule has 0 saturated heterocycles. The van der Waals surface area contributed by atoms with Crippen LogP contribution in [0.15, 0.2) is 79.1 Å². The van der Waals surface area contributed by atoms with E-state index in [9.17, 15) is 4.79 Å². The first kappa shape index (κ1) is 30.0. The van der Waals surface area contributed by atoms with Crippen molar-refractivity contribution in [1.82, 2.24) is 9.97 Å². The van der Waals surface area contributed by atoms with E-state index in [0.717, 1.165) is 39.2 Å². The van der Waals surface area contributed by atoms with Crippen LogP contribution in [0.4, 0.5) is 11.5 Å². The number of amides is 1. The minimum Gasteiger partial charge on any atom is -0.497 e. The van der Waals surface area contributed by atoms with Crippen LogP contribution >= 0.6 is 11.6 Å². The van der Waals surface area contributed by atoms with E-state index in [1.807, 2.05) is 36.4 Å². The summed E-state index contributed by atoms with van der Waals surface area (Å²) in [5.74, 6) is 2.93. The molecule has 4 aromatic carbocycles. The van der Waals surface area contributed by atoms with E-state index in [0.29, 0.717) is 53.0 Å².